The molecule has 0 aliphatic carbocycles. The fraction of sp³-hybridized carbons (Fsp3) is 0.412. The van der Waals surface area contributed by atoms with Crippen molar-refractivity contribution < 1.29 is 23.9 Å². The third-order valence-corrected chi connectivity index (χ3v) is 3.48. The van der Waals surface area contributed by atoms with Crippen molar-refractivity contribution in [2.45, 2.75) is 20.0 Å². The molecule has 1 fully saturated rings. The minimum Gasteiger partial charge on any atom is -0.490 e. The van der Waals surface area contributed by atoms with Gasteiger partial charge in [0.15, 0.2) is 17.6 Å². The summed E-state index contributed by atoms with van der Waals surface area (Å²) in [5.74, 6) is 0.325. The quantitative estimate of drug-likeness (QED) is 0.572. The number of rotatable bonds is 7. The zero-order valence-corrected chi connectivity index (χ0v) is 15.2. The van der Waals surface area contributed by atoms with Gasteiger partial charge in [0.05, 0.1) is 12.8 Å². The summed E-state index contributed by atoms with van der Waals surface area (Å²) in [5, 5.41) is 7.16. The van der Waals surface area contributed by atoms with Crippen LogP contribution in [-0.4, -0.2) is 67.3 Å². The first kappa shape index (κ1) is 19.2. The Morgan fingerprint density at radius 1 is 1.38 bits per heavy atom. The van der Waals surface area contributed by atoms with Crippen molar-refractivity contribution in [1.82, 2.24) is 15.2 Å². The molecule has 1 atom stereocenters. The maximum atomic E-state index is 12.0. The van der Waals surface area contributed by atoms with Gasteiger partial charge in [0.25, 0.3) is 5.91 Å². The first-order valence-electron chi connectivity index (χ1n) is 8.11. The van der Waals surface area contributed by atoms with Crippen LogP contribution >= 0.6 is 0 Å². The standard InChI is InChI=1S/C17H22N4O5/c1-5-25-14-8-12(9-18-21-10-15(22)19-17(21)24)6-7-13(14)26-11(2)16(23)20(3)4/h6-9,11H,5,10H2,1-4H3,(H,19,22,24)/b18-9-/t11-/m0/s1. The number of imide groups is 1. The van der Waals surface area contributed by atoms with Crippen LogP contribution < -0.4 is 14.8 Å². The molecule has 1 N–H and O–H groups in total. The molecule has 0 radical (unpaired) electrons. The van der Waals surface area contributed by atoms with Gasteiger partial charge in [-0.25, -0.2) is 9.80 Å². The van der Waals surface area contributed by atoms with Gasteiger partial charge in [-0.2, -0.15) is 5.10 Å². The molecule has 9 heteroatoms. The average Bonchev–Trinajstić information content (AvgIpc) is 2.91. The fourth-order valence-electron chi connectivity index (χ4n) is 2.24. The van der Waals surface area contributed by atoms with E-state index in [4.69, 9.17) is 9.47 Å². The second-order valence-corrected chi connectivity index (χ2v) is 5.79. The Morgan fingerprint density at radius 3 is 2.69 bits per heavy atom. The van der Waals surface area contributed by atoms with Gasteiger partial charge in [-0.3, -0.25) is 14.9 Å². The predicted octanol–water partition coefficient (Wildman–Crippen LogP) is 0.826. The second kappa shape index (κ2) is 8.32. The van der Waals surface area contributed by atoms with Crippen molar-refractivity contribution in [3.63, 3.8) is 0 Å². The summed E-state index contributed by atoms with van der Waals surface area (Å²) in [7, 11) is 3.31. The van der Waals surface area contributed by atoms with E-state index in [0.29, 0.717) is 23.7 Å². The van der Waals surface area contributed by atoms with E-state index in [2.05, 4.69) is 10.4 Å². The number of hydrazone groups is 1. The molecule has 1 aliphatic rings. The number of carbonyl (C=O) groups excluding carboxylic acids is 3. The van der Waals surface area contributed by atoms with Crippen LogP contribution in [0, 0.1) is 0 Å². The van der Waals surface area contributed by atoms with Gasteiger partial charge in [0, 0.05) is 14.1 Å². The van der Waals surface area contributed by atoms with Gasteiger partial charge in [0.2, 0.25) is 5.91 Å². The first-order chi connectivity index (χ1) is 12.3. The number of nitrogens with one attached hydrogen (secondary N) is 1. The maximum absolute atomic E-state index is 12.0. The van der Waals surface area contributed by atoms with E-state index in [-0.39, 0.29) is 12.5 Å². The molecule has 1 saturated heterocycles. The lowest BCUT2D eigenvalue weighted by atomic mass is 10.2. The van der Waals surface area contributed by atoms with Crippen LogP contribution in [0.15, 0.2) is 23.3 Å². The molecule has 1 aliphatic heterocycles. The highest BCUT2D eigenvalue weighted by Crippen LogP contribution is 2.29. The number of carbonyl (C=O) groups is 3. The Hall–Kier alpha value is -3.10. The molecule has 1 heterocycles. The molecule has 0 aromatic heterocycles. The molecule has 9 nitrogen and oxygen atoms in total. The number of likely N-dealkylation sites (N-methyl/N-ethyl adjacent to an activating group) is 1. The van der Waals surface area contributed by atoms with Gasteiger partial charge in [-0.1, -0.05) is 0 Å². The van der Waals surface area contributed by atoms with Crippen LogP contribution in [0.1, 0.15) is 19.4 Å². The molecule has 0 bridgehead atoms. The number of nitrogens with zero attached hydrogens (tertiary/aromatic N) is 3. The lowest BCUT2D eigenvalue weighted by Gasteiger charge is -2.20. The van der Waals surface area contributed by atoms with E-state index in [9.17, 15) is 14.4 Å². The van der Waals surface area contributed by atoms with Crippen molar-refractivity contribution in [3.05, 3.63) is 23.8 Å². The number of hydrogen-bond acceptors (Lipinski definition) is 6. The molecular formula is C17H22N4O5. The summed E-state index contributed by atoms with van der Waals surface area (Å²) in [6, 6.07) is 4.50. The summed E-state index contributed by atoms with van der Waals surface area (Å²) in [5.41, 5.74) is 0.652. The lowest BCUT2D eigenvalue weighted by Crippen LogP contribution is -2.35. The largest absolute Gasteiger partial charge is 0.490 e. The van der Waals surface area contributed by atoms with E-state index < -0.39 is 18.0 Å². The smallest absolute Gasteiger partial charge is 0.344 e. The van der Waals surface area contributed by atoms with E-state index in [0.717, 1.165) is 5.01 Å². The van der Waals surface area contributed by atoms with E-state index >= 15 is 0 Å². The number of ether oxygens (including phenoxy) is 2. The van der Waals surface area contributed by atoms with Crippen molar-refractivity contribution in [1.29, 1.82) is 0 Å². The molecule has 0 saturated carbocycles. The van der Waals surface area contributed by atoms with Crippen LogP contribution in [0.25, 0.3) is 0 Å². The molecule has 1 aromatic rings. The Balaban J connectivity index is 2.16. The summed E-state index contributed by atoms with van der Waals surface area (Å²) < 4.78 is 11.3. The summed E-state index contributed by atoms with van der Waals surface area (Å²) in [4.78, 5) is 36.0. The third-order valence-electron chi connectivity index (χ3n) is 3.48. The van der Waals surface area contributed by atoms with Gasteiger partial charge in [0.1, 0.15) is 6.54 Å². The second-order valence-electron chi connectivity index (χ2n) is 5.79. The topological polar surface area (TPSA) is 101 Å². The highest BCUT2D eigenvalue weighted by Gasteiger charge is 2.26. The molecule has 0 unspecified atom stereocenters. The minimum atomic E-state index is -0.664. The zero-order valence-electron chi connectivity index (χ0n) is 15.2. The first-order valence-corrected chi connectivity index (χ1v) is 8.11. The number of benzene rings is 1. The molecular weight excluding hydrogens is 340 g/mol. The van der Waals surface area contributed by atoms with Crippen LogP contribution in [0.2, 0.25) is 0 Å². The van der Waals surface area contributed by atoms with E-state index in [1.807, 2.05) is 6.92 Å². The number of urea groups is 1. The summed E-state index contributed by atoms with van der Waals surface area (Å²) >= 11 is 0. The molecule has 1 aromatic carbocycles. The third kappa shape index (κ3) is 4.71. The maximum Gasteiger partial charge on any atom is 0.344 e. The molecule has 140 valence electrons. The Morgan fingerprint density at radius 2 is 2.12 bits per heavy atom. The highest BCUT2D eigenvalue weighted by atomic mass is 16.5. The van der Waals surface area contributed by atoms with Gasteiger partial charge < -0.3 is 14.4 Å². The van der Waals surface area contributed by atoms with Crippen LogP contribution in [0.5, 0.6) is 11.5 Å². The summed E-state index contributed by atoms with van der Waals surface area (Å²) in [6.07, 6.45) is 0.779. The van der Waals surface area contributed by atoms with Crippen molar-refractivity contribution in [2.75, 3.05) is 27.2 Å². The van der Waals surface area contributed by atoms with Gasteiger partial charge in [-0.05, 0) is 37.6 Å². The minimum absolute atomic E-state index is 0.112. The predicted molar refractivity (Wildman–Crippen MR) is 94.2 cm³/mol. The lowest BCUT2D eigenvalue weighted by molar-refractivity contribution is -0.135. The van der Waals surface area contributed by atoms with Gasteiger partial charge in [-0.15, -0.1) is 0 Å². The molecule has 0 spiro atoms. The van der Waals surface area contributed by atoms with E-state index in [1.165, 1.54) is 11.1 Å². The van der Waals surface area contributed by atoms with Crippen molar-refractivity contribution in [2.24, 2.45) is 5.10 Å². The van der Waals surface area contributed by atoms with Crippen molar-refractivity contribution >= 4 is 24.1 Å². The van der Waals surface area contributed by atoms with Crippen molar-refractivity contribution in [3.8, 4) is 11.5 Å². The Labute approximate surface area is 151 Å². The van der Waals surface area contributed by atoms with Gasteiger partial charge >= 0.3 is 6.03 Å². The SMILES string of the molecule is CCOc1cc(/C=N\N2CC(=O)NC2=O)ccc1O[C@@H](C)C(=O)N(C)C. The molecule has 4 amide bonds. The van der Waals surface area contributed by atoms with Crippen LogP contribution in [-0.2, 0) is 9.59 Å². The number of hydrogen-bond donors (Lipinski definition) is 1. The fourth-order valence-corrected chi connectivity index (χ4v) is 2.24. The molecule has 26 heavy (non-hydrogen) atoms. The number of amides is 4. The van der Waals surface area contributed by atoms with E-state index in [1.54, 1.807) is 39.2 Å². The Bertz CT molecular complexity index is 732. The highest BCUT2D eigenvalue weighted by molar-refractivity contribution is 6.02. The monoisotopic (exact) mass is 362 g/mol. The Kier molecular flexibility index (Phi) is 6.16. The average molecular weight is 362 g/mol. The van der Waals surface area contributed by atoms with Crippen LogP contribution in [0.3, 0.4) is 0 Å². The molecule has 2 rings (SSSR count). The normalized spacial score (nSPS) is 15.2. The summed E-state index contributed by atoms with van der Waals surface area (Å²) in [6.45, 7) is 3.80. The van der Waals surface area contributed by atoms with Crippen LogP contribution in [0.4, 0.5) is 4.79 Å². The zero-order chi connectivity index (χ0) is 19.3.